The molecule has 0 spiro atoms. The summed E-state index contributed by atoms with van der Waals surface area (Å²) in [6.45, 7) is 10.0. The van der Waals surface area contributed by atoms with Crippen molar-refractivity contribution in [2.24, 2.45) is 5.41 Å². The standard InChI is InChI=1S/C37H42F2N4O5/c1-36(2,3)48-35(46)43-21-26(22-43)47-31-14-10-9-13-27(31)34(45)41-32(37(4,5)17-18-44)33-40-30(28-19-25(38)15-16-29(28)39)23-42(33)20-24-11-7-6-8-12-24/h6-16,19,23,26,32,44H,17-18,20-22H2,1-5H3,(H,41,45). The van der Waals surface area contributed by atoms with Crippen molar-refractivity contribution in [1.29, 1.82) is 0 Å². The van der Waals surface area contributed by atoms with Gasteiger partial charge in [0.05, 0.1) is 30.4 Å². The van der Waals surface area contributed by atoms with Crippen molar-refractivity contribution in [2.75, 3.05) is 19.7 Å². The van der Waals surface area contributed by atoms with Crippen LogP contribution in [0, 0.1) is 17.0 Å². The fourth-order valence-electron chi connectivity index (χ4n) is 5.57. The topological polar surface area (TPSA) is 106 Å². The van der Waals surface area contributed by atoms with Gasteiger partial charge in [0.2, 0.25) is 0 Å². The lowest BCUT2D eigenvalue weighted by molar-refractivity contribution is -0.0223. The molecule has 2 N–H and O–H groups in total. The maximum Gasteiger partial charge on any atom is 0.410 e. The molecule has 1 unspecified atom stereocenters. The maximum absolute atomic E-state index is 15.0. The van der Waals surface area contributed by atoms with E-state index in [2.05, 4.69) is 5.32 Å². The monoisotopic (exact) mass is 660 g/mol. The predicted molar refractivity (Wildman–Crippen MR) is 177 cm³/mol. The smallest absolute Gasteiger partial charge is 0.410 e. The summed E-state index contributed by atoms with van der Waals surface area (Å²) in [4.78, 5) is 32.8. The van der Waals surface area contributed by atoms with Crippen LogP contribution in [0.5, 0.6) is 5.75 Å². The number of ether oxygens (including phenoxy) is 2. The largest absolute Gasteiger partial charge is 0.486 e. The molecule has 5 rings (SSSR count). The van der Waals surface area contributed by atoms with Gasteiger partial charge in [-0.05, 0) is 68.5 Å². The molecule has 0 radical (unpaired) electrons. The Bertz CT molecular complexity index is 1750. The molecule has 11 heteroatoms. The van der Waals surface area contributed by atoms with Crippen LogP contribution in [0.4, 0.5) is 13.6 Å². The van der Waals surface area contributed by atoms with Crippen LogP contribution < -0.4 is 10.1 Å². The van der Waals surface area contributed by atoms with Crippen LogP contribution >= 0.6 is 0 Å². The lowest BCUT2D eigenvalue weighted by Crippen LogP contribution is -2.57. The summed E-state index contributed by atoms with van der Waals surface area (Å²) < 4.78 is 42.7. The fraction of sp³-hybridized carbons (Fsp3) is 0.378. The lowest BCUT2D eigenvalue weighted by atomic mass is 9.80. The van der Waals surface area contributed by atoms with Crippen LogP contribution in [0.15, 0.2) is 79.0 Å². The van der Waals surface area contributed by atoms with Gasteiger partial charge in [-0.2, -0.15) is 0 Å². The van der Waals surface area contributed by atoms with Gasteiger partial charge in [-0.3, -0.25) is 4.79 Å². The van der Waals surface area contributed by atoms with Crippen molar-refractivity contribution < 1.29 is 33.0 Å². The summed E-state index contributed by atoms with van der Waals surface area (Å²) in [5.74, 6) is -0.923. The highest BCUT2D eigenvalue weighted by molar-refractivity contribution is 5.97. The minimum Gasteiger partial charge on any atom is -0.486 e. The van der Waals surface area contributed by atoms with E-state index in [9.17, 15) is 23.5 Å². The van der Waals surface area contributed by atoms with Gasteiger partial charge in [0, 0.05) is 24.9 Å². The van der Waals surface area contributed by atoms with Crippen LogP contribution in [-0.2, 0) is 11.3 Å². The summed E-state index contributed by atoms with van der Waals surface area (Å²) in [6, 6.07) is 18.8. The highest BCUT2D eigenvalue weighted by Gasteiger charge is 2.38. The summed E-state index contributed by atoms with van der Waals surface area (Å²) >= 11 is 0. The van der Waals surface area contributed by atoms with E-state index >= 15 is 0 Å². The molecule has 0 saturated carbocycles. The highest BCUT2D eigenvalue weighted by Crippen LogP contribution is 2.38. The van der Waals surface area contributed by atoms with Gasteiger partial charge < -0.3 is 29.4 Å². The SMILES string of the molecule is CC(C)(C)OC(=O)N1CC(Oc2ccccc2C(=O)NC(c2nc(-c3cc(F)ccc3F)cn2Cc2ccccc2)C(C)(C)CCO)C1. The Morgan fingerprint density at radius 3 is 2.38 bits per heavy atom. The number of carbonyl (C=O) groups excluding carboxylic acids is 2. The van der Waals surface area contributed by atoms with Crippen molar-refractivity contribution >= 4 is 12.0 Å². The maximum atomic E-state index is 15.0. The summed E-state index contributed by atoms with van der Waals surface area (Å²) in [5, 5.41) is 13.1. The fourth-order valence-corrected chi connectivity index (χ4v) is 5.57. The first-order valence-corrected chi connectivity index (χ1v) is 16.0. The molecule has 4 aromatic rings. The van der Waals surface area contributed by atoms with E-state index in [4.69, 9.17) is 14.5 Å². The second-order valence-electron chi connectivity index (χ2n) is 13.7. The number of aliphatic hydroxyl groups is 1. The third kappa shape index (κ3) is 8.20. The van der Waals surface area contributed by atoms with Crippen LogP contribution in [0.25, 0.3) is 11.3 Å². The van der Waals surface area contributed by atoms with Gasteiger partial charge in [0.25, 0.3) is 5.91 Å². The van der Waals surface area contributed by atoms with Crippen LogP contribution in [0.3, 0.4) is 0 Å². The molecule has 2 amide bonds. The van der Waals surface area contributed by atoms with Gasteiger partial charge in [-0.25, -0.2) is 18.6 Å². The zero-order valence-corrected chi connectivity index (χ0v) is 27.9. The Morgan fingerprint density at radius 1 is 1.00 bits per heavy atom. The molecule has 3 aromatic carbocycles. The van der Waals surface area contributed by atoms with Gasteiger partial charge in [-0.15, -0.1) is 0 Å². The molecular weight excluding hydrogens is 618 g/mol. The van der Waals surface area contributed by atoms with Crippen molar-refractivity contribution in [1.82, 2.24) is 19.8 Å². The molecule has 1 saturated heterocycles. The Morgan fingerprint density at radius 2 is 1.69 bits per heavy atom. The normalized spacial score (nSPS) is 14.3. The van der Waals surface area contributed by atoms with Crippen LogP contribution in [0.2, 0.25) is 0 Å². The highest BCUT2D eigenvalue weighted by atomic mass is 19.1. The van der Waals surface area contributed by atoms with Gasteiger partial charge in [-0.1, -0.05) is 56.3 Å². The molecule has 9 nitrogen and oxygen atoms in total. The number of halogens is 2. The molecule has 0 bridgehead atoms. The van der Waals surface area contributed by atoms with E-state index in [-0.39, 0.29) is 29.5 Å². The van der Waals surface area contributed by atoms with E-state index in [0.29, 0.717) is 37.6 Å². The Hall–Kier alpha value is -4.77. The summed E-state index contributed by atoms with van der Waals surface area (Å²) in [6.07, 6.45) is 1.20. The Balaban J connectivity index is 1.46. The number of hydrogen-bond donors (Lipinski definition) is 2. The third-order valence-corrected chi connectivity index (χ3v) is 8.20. The Labute approximate surface area is 279 Å². The quantitative estimate of drug-likeness (QED) is 0.184. The first-order valence-electron chi connectivity index (χ1n) is 16.0. The molecule has 48 heavy (non-hydrogen) atoms. The predicted octanol–water partition coefficient (Wildman–Crippen LogP) is 6.75. The summed E-state index contributed by atoms with van der Waals surface area (Å²) in [7, 11) is 0. The van der Waals surface area contributed by atoms with E-state index in [0.717, 1.165) is 23.8 Å². The number of likely N-dealkylation sites (tertiary alicyclic amines) is 1. The number of carbonyl (C=O) groups is 2. The molecule has 1 aliphatic heterocycles. The number of nitrogens with one attached hydrogen (secondary N) is 1. The number of rotatable bonds is 11. The van der Waals surface area contributed by atoms with Gasteiger partial charge in [0.15, 0.2) is 0 Å². The molecule has 1 atom stereocenters. The molecule has 254 valence electrons. The molecule has 1 fully saturated rings. The number of imidazole rings is 1. The first-order chi connectivity index (χ1) is 22.7. The van der Waals surface area contributed by atoms with Crippen molar-refractivity contribution in [2.45, 2.75) is 65.3 Å². The van der Waals surface area contributed by atoms with E-state index in [1.165, 1.54) is 4.90 Å². The lowest BCUT2D eigenvalue weighted by Gasteiger charge is -2.39. The number of nitrogens with zero attached hydrogens (tertiary/aromatic N) is 3. The molecule has 1 aromatic heterocycles. The number of amides is 2. The van der Waals surface area contributed by atoms with E-state index in [1.54, 1.807) is 51.2 Å². The number of aromatic nitrogens is 2. The second kappa shape index (κ2) is 14.1. The zero-order valence-electron chi connectivity index (χ0n) is 27.9. The molecule has 2 heterocycles. The third-order valence-electron chi connectivity index (χ3n) is 8.20. The first kappa shape index (κ1) is 34.6. The zero-order chi connectivity index (χ0) is 34.6. The van der Waals surface area contributed by atoms with Gasteiger partial charge in [0.1, 0.15) is 34.9 Å². The average molecular weight is 661 g/mol. The number of hydrogen-bond acceptors (Lipinski definition) is 6. The molecular formula is C37H42F2N4O5. The minimum atomic E-state index is -0.773. The van der Waals surface area contributed by atoms with Crippen LogP contribution in [-0.4, -0.2) is 63.0 Å². The number of para-hydroxylation sites is 1. The van der Waals surface area contributed by atoms with Crippen molar-refractivity contribution in [3.05, 3.63) is 108 Å². The van der Waals surface area contributed by atoms with Gasteiger partial charge >= 0.3 is 6.09 Å². The van der Waals surface area contributed by atoms with Crippen LogP contribution in [0.1, 0.15) is 68.8 Å². The Kier molecular flexibility index (Phi) is 10.2. The van der Waals surface area contributed by atoms with E-state index in [1.807, 2.05) is 48.7 Å². The average Bonchev–Trinajstić information content (AvgIpc) is 3.40. The molecule has 0 aliphatic carbocycles. The second-order valence-corrected chi connectivity index (χ2v) is 13.7. The molecule has 1 aliphatic rings. The van der Waals surface area contributed by atoms with Crippen molar-refractivity contribution in [3.8, 4) is 17.0 Å². The van der Waals surface area contributed by atoms with Crippen molar-refractivity contribution in [3.63, 3.8) is 0 Å². The van der Waals surface area contributed by atoms with E-state index < -0.39 is 40.7 Å². The summed E-state index contributed by atoms with van der Waals surface area (Å²) in [5.41, 5.74) is 0.0612. The number of aliphatic hydroxyl groups excluding tert-OH is 1. The minimum absolute atomic E-state index is 0.00669. The number of benzene rings is 3.